The molecule has 1 saturated heterocycles. The van der Waals surface area contributed by atoms with Crippen LogP contribution in [0.5, 0.6) is 0 Å². The van der Waals surface area contributed by atoms with E-state index < -0.39 is 28.6 Å². The monoisotopic (exact) mass is 613 g/mol. The average Bonchev–Trinajstić information content (AvgIpc) is 3.44. The highest BCUT2D eigenvalue weighted by atomic mass is 16.6. The number of carbonyl (C=O) groups excluding carboxylic acids is 2. The number of rotatable bonds is 9. The standard InChI is InChI=1S/C34H47NO9/c1-7-35-16-32(17-39-3)23(37)14-24(41-5)34-21-13-20-22(40-4)15-33(44-18(2)36,26(30(34)35)28(42-6)29(32)34)25(21)27(20)43-31(38)19-11-9-8-10-12-19/h8-12,20-30,37H,7,13-17H2,1-6H3/t20-,21-,22?,23?,24?,25-,26+,27?,28?,29-,30-,32+,33-,34+/m1/s1. The minimum absolute atomic E-state index is 0.0367. The van der Waals surface area contributed by atoms with Gasteiger partial charge in [-0.25, -0.2) is 4.79 Å². The summed E-state index contributed by atoms with van der Waals surface area (Å²) >= 11 is 0. The number of aliphatic hydroxyl groups excluding tert-OH is 1. The van der Waals surface area contributed by atoms with Crippen molar-refractivity contribution in [3.05, 3.63) is 35.9 Å². The van der Waals surface area contributed by atoms with Crippen LogP contribution in [-0.2, 0) is 33.2 Å². The molecule has 1 spiro atoms. The van der Waals surface area contributed by atoms with Gasteiger partial charge in [-0.3, -0.25) is 9.69 Å². The molecule has 10 heteroatoms. The van der Waals surface area contributed by atoms with Crippen LogP contribution in [0.3, 0.4) is 0 Å². The zero-order chi connectivity index (χ0) is 31.2. The van der Waals surface area contributed by atoms with E-state index in [2.05, 4.69) is 11.8 Å². The Balaban J connectivity index is 1.48. The first-order chi connectivity index (χ1) is 21.2. The molecule has 1 aromatic rings. The fourth-order valence-electron chi connectivity index (χ4n) is 12.2. The molecule has 1 heterocycles. The second-order valence-electron chi connectivity index (χ2n) is 14.1. The maximum Gasteiger partial charge on any atom is 0.338 e. The molecule has 14 atom stereocenters. The number of methoxy groups -OCH3 is 4. The molecule has 5 saturated carbocycles. The Bertz CT molecular complexity index is 1280. The van der Waals surface area contributed by atoms with E-state index in [4.69, 9.17) is 28.4 Å². The molecule has 0 radical (unpaired) electrons. The van der Waals surface area contributed by atoms with E-state index in [1.54, 1.807) is 40.6 Å². The third-order valence-corrected chi connectivity index (χ3v) is 13.0. The predicted molar refractivity (Wildman–Crippen MR) is 158 cm³/mol. The summed E-state index contributed by atoms with van der Waals surface area (Å²) in [5.74, 6) is -1.57. The van der Waals surface area contributed by atoms with E-state index in [1.807, 2.05) is 18.2 Å². The molecule has 10 nitrogen and oxygen atoms in total. The Kier molecular flexibility index (Phi) is 7.46. The highest BCUT2D eigenvalue weighted by Gasteiger charge is 2.89. The summed E-state index contributed by atoms with van der Waals surface area (Å²) in [5.41, 5.74) is -1.61. The molecule has 1 aromatic carbocycles. The fraction of sp³-hybridized carbons (Fsp3) is 0.765. The van der Waals surface area contributed by atoms with Crippen LogP contribution in [0.25, 0.3) is 0 Å². The highest BCUT2D eigenvalue weighted by molar-refractivity contribution is 5.89. The molecule has 7 bridgehead atoms. The summed E-state index contributed by atoms with van der Waals surface area (Å²) in [4.78, 5) is 29.4. The molecule has 1 N–H and O–H groups in total. The molecule has 1 aliphatic heterocycles. The lowest BCUT2D eigenvalue weighted by molar-refractivity contribution is -0.297. The Hall–Kier alpha value is -2.08. The summed E-state index contributed by atoms with van der Waals surface area (Å²) in [7, 11) is 6.88. The maximum absolute atomic E-state index is 13.7. The largest absolute Gasteiger partial charge is 0.458 e. The van der Waals surface area contributed by atoms with E-state index in [9.17, 15) is 14.7 Å². The van der Waals surface area contributed by atoms with Gasteiger partial charge in [0.05, 0.1) is 36.6 Å². The van der Waals surface area contributed by atoms with Crippen LogP contribution in [0.4, 0.5) is 0 Å². The molecule has 242 valence electrons. The van der Waals surface area contributed by atoms with Gasteiger partial charge in [-0.05, 0) is 31.0 Å². The number of nitrogens with zero attached hydrogens (tertiary/aromatic N) is 1. The van der Waals surface area contributed by atoms with Gasteiger partial charge in [-0.1, -0.05) is 25.1 Å². The molecule has 5 aliphatic carbocycles. The van der Waals surface area contributed by atoms with Gasteiger partial charge in [0.15, 0.2) is 0 Å². The first-order valence-electron chi connectivity index (χ1n) is 16.1. The summed E-state index contributed by atoms with van der Waals surface area (Å²) < 4.78 is 38.3. The molecule has 44 heavy (non-hydrogen) atoms. The zero-order valence-electron chi connectivity index (χ0n) is 26.6. The fourth-order valence-corrected chi connectivity index (χ4v) is 12.2. The summed E-state index contributed by atoms with van der Waals surface area (Å²) in [6.45, 7) is 5.40. The van der Waals surface area contributed by atoms with Crippen molar-refractivity contribution < 1.29 is 43.1 Å². The van der Waals surface area contributed by atoms with Crippen molar-refractivity contribution in [3.8, 4) is 0 Å². The maximum atomic E-state index is 13.7. The Morgan fingerprint density at radius 1 is 1.00 bits per heavy atom. The van der Waals surface area contributed by atoms with Crippen molar-refractivity contribution in [1.82, 2.24) is 4.90 Å². The lowest BCUT2D eigenvalue weighted by Gasteiger charge is -2.70. The van der Waals surface area contributed by atoms with Crippen LogP contribution in [0.15, 0.2) is 30.3 Å². The van der Waals surface area contributed by atoms with Crippen LogP contribution in [0.1, 0.15) is 43.5 Å². The van der Waals surface area contributed by atoms with Gasteiger partial charge < -0.3 is 33.5 Å². The Labute approximate surface area is 259 Å². The predicted octanol–water partition coefficient (Wildman–Crippen LogP) is 2.56. The topological polar surface area (TPSA) is 113 Å². The Morgan fingerprint density at radius 3 is 2.36 bits per heavy atom. The molecule has 5 unspecified atom stereocenters. The van der Waals surface area contributed by atoms with Gasteiger partial charge in [0.2, 0.25) is 0 Å². The van der Waals surface area contributed by atoms with Crippen LogP contribution in [-0.4, -0.2) is 112 Å². The van der Waals surface area contributed by atoms with E-state index in [-0.39, 0.29) is 65.9 Å². The molecule has 6 aliphatic rings. The van der Waals surface area contributed by atoms with Gasteiger partial charge in [-0.2, -0.15) is 0 Å². The molecular formula is C34H47NO9. The van der Waals surface area contributed by atoms with Crippen molar-refractivity contribution in [2.45, 2.75) is 75.3 Å². The summed E-state index contributed by atoms with van der Waals surface area (Å²) in [6, 6.07) is 9.02. The van der Waals surface area contributed by atoms with Crippen LogP contribution < -0.4 is 0 Å². The molecule has 0 aromatic heterocycles. The number of benzene rings is 1. The van der Waals surface area contributed by atoms with Gasteiger partial charge in [-0.15, -0.1) is 0 Å². The summed E-state index contributed by atoms with van der Waals surface area (Å²) in [6.07, 6.45) is -0.424. The Morgan fingerprint density at radius 2 is 1.75 bits per heavy atom. The summed E-state index contributed by atoms with van der Waals surface area (Å²) in [5, 5.41) is 12.0. The van der Waals surface area contributed by atoms with E-state index >= 15 is 0 Å². The van der Waals surface area contributed by atoms with E-state index in [0.717, 1.165) is 13.0 Å². The van der Waals surface area contributed by atoms with Gasteiger partial charge >= 0.3 is 11.9 Å². The number of carbonyl (C=O) groups is 2. The van der Waals surface area contributed by atoms with E-state index in [1.165, 1.54) is 6.92 Å². The quantitative estimate of drug-likeness (QED) is 0.417. The number of aliphatic hydroxyl groups is 1. The number of ether oxygens (including phenoxy) is 6. The zero-order valence-corrected chi connectivity index (χ0v) is 26.6. The van der Waals surface area contributed by atoms with Crippen molar-refractivity contribution in [1.29, 1.82) is 0 Å². The second kappa shape index (κ2) is 10.7. The first kappa shape index (κ1) is 30.6. The smallest absolute Gasteiger partial charge is 0.338 e. The lowest BCUT2D eigenvalue weighted by atomic mass is 9.42. The average molecular weight is 614 g/mol. The third kappa shape index (κ3) is 3.64. The SMILES string of the molecule is CCN1C[C@]2(COC)C(O)CC(OC)[C@@]34[C@@H]5C[C@@H]6C(OC)C[C@@](OC(C)=O)([C@H]5C6OC(=O)c5ccccc5)[C@@H](C(OC)[C@H]23)[C@@H]14. The highest BCUT2D eigenvalue weighted by Crippen LogP contribution is 2.80. The third-order valence-electron chi connectivity index (χ3n) is 13.0. The molecule has 6 fully saturated rings. The van der Waals surface area contributed by atoms with Crippen molar-refractivity contribution in [2.24, 2.45) is 40.4 Å². The van der Waals surface area contributed by atoms with Crippen molar-refractivity contribution in [2.75, 3.05) is 48.1 Å². The number of hydrogen-bond donors (Lipinski definition) is 1. The van der Waals surface area contributed by atoms with Crippen LogP contribution >= 0.6 is 0 Å². The number of piperidine rings is 1. The second-order valence-corrected chi connectivity index (χ2v) is 14.1. The number of likely N-dealkylation sites (tertiary alicyclic amines) is 1. The lowest BCUT2D eigenvalue weighted by Crippen LogP contribution is -2.79. The molecule has 7 rings (SSSR count). The van der Waals surface area contributed by atoms with Crippen LogP contribution in [0, 0.1) is 40.4 Å². The molecule has 0 amide bonds. The van der Waals surface area contributed by atoms with Crippen LogP contribution in [0.2, 0.25) is 0 Å². The number of fused-ring (bicyclic) bond motifs is 2. The molecular weight excluding hydrogens is 566 g/mol. The van der Waals surface area contributed by atoms with Gasteiger partial charge in [0, 0.05) is 95.3 Å². The normalized spacial score (nSPS) is 48.2. The minimum Gasteiger partial charge on any atom is -0.458 e. The van der Waals surface area contributed by atoms with E-state index in [0.29, 0.717) is 31.6 Å². The van der Waals surface area contributed by atoms with Crippen molar-refractivity contribution >= 4 is 11.9 Å². The first-order valence-corrected chi connectivity index (χ1v) is 16.1. The minimum atomic E-state index is -1.01. The van der Waals surface area contributed by atoms with Gasteiger partial charge in [0.25, 0.3) is 0 Å². The van der Waals surface area contributed by atoms with Gasteiger partial charge in [0.1, 0.15) is 11.7 Å². The number of esters is 2. The number of hydrogen-bond acceptors (Lipinski definition) is 10. The van der Waals surface area contributed by atoms with Crippen molar-refractivity contribution in [3.63, 3.8) is 0 Å².